The van der Waals surface area contributed by atoms with Gasteiger partial charge in [0.2, 0.25) is 0 Å². The first-order valence-electron chi connectivity index (χ1n) is 6.75. The second-order valence-electron chi connectivity index (χ2n) is 4.78. The minimum absolute atomic E-state index is 0.312. The van der Waals surface area contributed by atoms with E-state index >= 15 is 0 Å². The Bertz CT molecular complexity index is 777. The zero-order chi connectivity index (χ0) is 14.7. The van der Waals surface area contributed by atoms with Gasteiger partial charge in [0.25, 0.3) is 0 Å². The Morgan fingerprint density at radius 3 is 2.90 bits per heavy atom. The predicted molar refractivity (Wildman–Crippen MR) is 83.4 cm³/mol. The molecule has 1 heterocycles. The molecule has 106 valence electrons. The third-order valence-electron chi connectivity index (χ3n) is 3.46. The molecule has 4 nitrogen and oxygen atoms in total. The van der Waals surface area contributed by atoms with E-state index < -0.39 is 0 Å². The standard InChI is InChI=1S/C17H16N2O2/c1-21-17(20)15-5-3-2-4-13(15)11-19-14-6-7-16-12(10-14)8-9-18-16/h2-10,18-19H,11H2,1H3. The number of ether oxygens (including phenoxy) is 1. The number of rotatable bonds is 4. The summed E-state index contributed by atoms with van der Waals surface area (Å²) in [6.07, 6.45) is 1.92. The topological polar surface area (TPSA) is 54.1 Å². The van der Waals surface area contributed by atoms with Gasteiger partial charge in [-0.15, -0.1) is 0 Å². The summed E-state index contributed by atoms with van der Waals surface area (Å²) < 4.78 is 4.81. The first kappa shape index (κ1) is 13.2. The first-order valence-corrected chi connectivity index (χ1v) is 6.75. The van der Waals surface area contributed by atoms with Crippen molar-refractivity contribution in [2.24, 2.45) is 0 Å². The van der Waals surface area contributed by atoms with Crippen molar-refractivity contribution < 1.29 is 9.53 Å². The van der Waals surface area contributed by atoms with Crippen molar-refractivity contribution in [3.63, 3.8) is 0 Å². The lowest BCUT2D eigenvalue weighted by molar-refractivity contribution is 0.0599. The first-order chi connectivity index (χ1) is 10.3. The van der Waals surface area contributed by atoms with Crippen LogP contribution in [0.3, 0.4) is 0 Å². The molecule has 0 fully saturated rings. The second-order valence-corrected chi connectivity index (χ2v) is 4.78. The molecule has 0 spiro atoms. The molecule has 0 radical (unpaired) electrons. The highest BCUT2D eigenvalue weighted by atomic mass is 16.5. The number of methoxy groups -OCH3 is 1. The summed E-state index contributed by atoms with van der Waals surface area (Å²) in [6.45, 7) is 0.571. The molecule has 0 bridgehead atoms. The van der Waals surface area contributed by atoms with Crippen LogP contribution in [0.25, 0.3) is 10.9 Å². The Hall–Kier alpha value is -2.75. The normalized spacial score (nSPS) is 10.5. The molecule has 0 aliphatic rings. The summed E-state index contributed by atoms with van der Waals surface area (Å²) in [7, 11) is 1.40. The van der Waals surface area contributed by atoms with E-state index in [1.807, 2.05) is 42.6 Å². The number of carbonyl (C=O) groups is 1. The SMILES string of the molecule is COC(=O)c1ccccc1CNc1ccc2[nH]ccc2c1. The van der Waals surface area contributed by atoms with Gasteiger partial charge in [-0.1, -0.05) is 18.2 Å². The van der Waals surface area contributed by atoms with Gasteiger partial charge in [0.15, 0.2) is 0 Å². The maximum Gasteiger partial charge on any atom is 0.338 e. The fourth-order valence-corrected chi connectivity index (χ4v) is 2.34. The number of esters is 1. The molecule has 21 heavy (non-hydrogen) atoms. The van der Waals surface area contributed by atoms with Crippen molar-refractivity contribution in [3.05, 3.63) is 65.9 Å². The van der Waals surface area contributed by atoms with Crippen LogP contribution in [0.1, 0.15) is 15.9 Å². The van der Waals surface area contributed by atoms with Gasteiger partial charge in [-0.05, 0) is 35.9 Å². The van der Waals surface area contributed by atoms with Crippen LogP contribution in [0.4, 0.5) is 5.69 Å². The number of H-pyrrole nitrogens is 1. The van der Waals surface area contributed by atoms with E-state index in [2.05, 4.69) is 16.4 Å². The lowest BCUT2D eigenvalue weighted by atomic mass is 10.1. The van der Waals surface area contributed by atoms with Crippen molar-refractivity contribution in [2.45, 2.75) is 6.54 Å². The summed E-state index contributed by atoms with van der Waals surface area (Å²) in [4.78, 5) is 14.9. The number of carbonyl (C=O) groups excluding carboxylic acids is 1. The lowest BCUT2D eigenvalue weighted by Crippen LogP contribution is -2.09. The van der Waals surface area contributed by atoms with Crippen LogP contribution in [-0.4, -0.2) is 18.1 Å². The summed E-state index contributed by atoms with van der Waals surface area (Å²) in [6, 6.07) is 15.6. The van der Waals surface area contributed by atoms with Gasteiger partial charge in [-0.25, -0.2) is 4.79 Å². The lowest BCUT2D eigenvalue weighted by Gasteiger charge is -2.10. The molecule has 0 saturated carbocycles. The maximum absolute atomic E-state index is 11.7. The summed E-state index contributed by atoms with van der Waals surface area (Å²) in [5.74, 6) is -0.312. The fourth-order valence-electron chi connectivity index (χ4n) is 2.34. The van der Waals surface area contributed by atoms with Crippen molar-refractivity contribution in [3.8, 4) is 0 Å². The maximum atomic E-state index is 11.7. The summed E-state index contributed by atoms with van der Waals surface area (Å²) in [5, 5.41) is 4.49. The molecule has 0 aliphatic heterocycles. The van der Waals surface area contributed by atoms with Gasteiger partial charge in [0, 0.05) is 29.3 Å². The molecule has 4 heteroatoms. The molecule has 2 N–H and O–H groups in total. The van der Waals surface area contributed by atoms with Crippen LogP contribution in [-0.2, 0) is 11.3 Å². The molecule has 1 aromatic heterocycles. The van der Waals surface area contributed by atoms with E-state index in [9.17, 15) is 4.79 Å². The highest BCUT2D eigenvalue weighted by molar-refractivity contribution is 5.91. The Morgan fingerprint density at radius 2 is 2.05 bits per heavy atom. The van der Waals surface area contributed by atoms with Crippen LogP contribution in [0.5, 0.6) is 0 Å². The van der Waals surface area contributed by atoms with Gasteiger partial charge >= 0.3 is 5.97 Å². The number of aromatic amines is 1. The monoisotopic (exact) mass is 280 g/mol. The van der Waals surface area contributed by atoms with Crippen molar-refractivity contribution in [1.82, 2.24) is 4.98 Å². The highest BCUT2D eigenvalue weighted by Crippen LogP contribution is 2.19. The minimum Gasteiger partial charge on any atom is -0.465 e. The number of hydrogen-bond donors (Lipinski definition) is 2. The Kier molecular flexibility index (Phi) is 3.60. The fraction of sp³-hybridized carbons (Fsp3) is 0.118. The van der Waals surface area contributed by atoms with Crippen molar-refractivity contribution in [1.29, 1.82) is 0 Å². The molecule has 0 aliphatic carbocycles. The van der Waals surface area contributed by atoms with Crippen molar-refractivity contribution >= 4 is 22.6 Å². The Labute approximate surface area is 122 Å². The zero-order valence-electron chi connectivity index (χ0n) is 11.7. The van der Waals surface area contributed by atoms with Gasteiger partial charge in [0.1, 0.15) is 0 Å². The molecular formula is C17H16N2O2. The van der Waals surface area contributed by atoms with Gasteiger partial charge in [0.05, 0.1) is 12.7 Å². The number of hydrogen-bond acceptors (Lipinski definition) is 3. The van der Waals surface area contributed by atoms with E-state index in [0.717, 1.165) is 22.2 Å². The van der Waals surface area contributed by atoms with Crippen LogP contribution < -0.4 is 5.32 Å². The predicted octanol–water partition coefficient (Wildman–Crippen LogP) is 3.57. The van der Waals surface area contributed by atoms with E-state index in [-0.39, 0.29) is 5.97 Å². The molecule has 0 saturated heterocycles. The zero-order valence-corrected chi connectivity index (χ0v) is 11.7. The number of nitrogens with one attached hydrogen (secondary N) is 2. The summed E-state index contributed by atoms with van der Waals surface area (Å²) in [5.41, 5.74) is 3.63. The molecule has 3 rings (SSSR count). The number of aromatic nitrogens is 1. The molecule has 2 aromatic carbocycles. The average molecular weight is 280 g/mol. The smallest absolute Gasteiger partial charge is 0.338 e. The third kappa shape index (κ3) is 2.74. The Balaban J connectivity index is 1.79. The molecule has 3 aromatic rings. The quantitative estimate of drug-likeness (QED) is 0.718. The van der Waals surface area contributed by atoms with Gasteiger partial charge < -0.3 is 15.0 Å². The van der Waals surface area contributed by atoms with E-state index in [4.69, 9.17) is 4.74 Å². The van der Waals surface area contributed by atoms with Crippen LogP contribution in [0, 0.1) is 0 Å². The minimum atomic E-state index is -0.312. The van der Waals surface area contributed by atoms with E-state index in [1.54, 1.807) is 6.07 Å². The molecule has 0 atom stereocenters. The number of benzene rings is 2. The van der Waals surface area contributed by atoms with Gasteiger partial charge in [-0.2, -0.15) is 0 Å². The second kappa shape index (κ2) is 5.71. The van der Waals surface area contributed by atoms with Crippen LogP contribution in [0.2, 0.25) is 0 Å². The number of anilines is 1. The van der Waals surface area contributed by atoms with Crippen LogP contribution in [0.15, 0.2) is 54.7 Å². The molecule has 0 amide bonds. The average Bonchev–Trinajstić information content (AvgIpc) is 3.00. The largest absolute Gasteiger partial charge is 0.465 e. The third-order valence-corrected chi connectivity index (χ3v) is 3.46. The molecular weight excluding hydrogens is 264 g/mol. The van der Waals surface area contributed by atoms with Crippen LogP contribution >= 0.6 is 0 Å². The number of fused-ring (bicyclic) bond motifs is 1. The van der Waals surface area contributed by atoms with E-state index in [0.29, 0.717) is 12.1 Å². The van der Waals surface area contributed by atoms with E-state index in [1.165, 1.54) is 7.11 Å². The highest BCUT2D eigenvalue weighted by Gasteiger charge is 2.10. The Morgan fingerprint density at radius 1 is 1.19 bits per heavy atom. The molecule has 0 unspecified atom stereocenters. The van der Waals surface area contributed by atoms with Crippen molar-refractivity contribution in [2.75, 3.05) is 12.4 Å². The summed E-state index contributed by atoms with van der Waals surface area (Å²) >= 11 is 0. The van der Waals surface area contributed by atoms with Gasteiger partial charge in [-0.3, -0.25) is 0 Å².